The Morgan fingerprint density at radius 2 is 1.90 bits per heavy atom. The van der Waals surface area contributed by atoms with Crippen LogP contribution >= 0.6 is 0 Å². The summed E-state index contributed by atoms with van der Waals surface area (Å²) in [7, 11) is 1.72. The number of fused-ring (bicyclic) bond motifs is 1. The summed E-state index contributed by atoms with van der Waals surface area (Å²) in [6.45, 7) is 4.73. The van der Waals surface area contributed by atoms with Crippen LogP contribution in [0.3, 0.4) is 0 Å². The van der Waals surface area contributed by atoms with Crippen molar-refractivity contribution >= 4 is 16.9 Å². The van der Waals surface area contributed by atoms with Crippen LogP contribution in [0, 0.1) is 0 Å². The summed E-state index contributed by atoms with van der Waals surface area (Å²) >= 11 is 0. The van der Waals surface area contributed by atoms with Gasteiger partial charge in [0.05, 0.1) is 19.4 Å². The van der Waals surface area contributed by atoms with Crippen LogP contribution in [0.5, 0.6) is 0 Å². The van der Waals surface area contributed by atoms with Gasteiger partial charge in [0.1, 0.15) is 18.3 Å². The van der Waals surface area contributed by atoms with Crippen molar-refractivity contribution in [2.45, 2.75) is 19.6 Å². The number of amides is 1. The molecule has 0 spiro atoms. The minimum absolute atomic E-state index is 0.0776. The molecule has 0 saturated carbocycles. The molecule has 0 aliphatic carbocycles. The lowest BCUT2D eigenvalue weighted by Crippen LogP contribution is -2.35. The zero-order valence-electron chi connectivity index (χ0n) is 16.4. The van der Waals surface area contributed by atoms with Crippen LogP contribution in [-0.4, -0.2) is 56.4 Å². The molecule has 29 heavy (non-hydrogen) atoms. The van der Waals surface area contributed by atoms with Crippen molar-refractivity contribution in [3.8, 4) is 0 Å². The Balaban J connectivity index is 1.31. The Hall–Kier alpha value is -3.04. The highest BCUT2D eigenvalue weighted by atomic mass is 16.5. The van der Waals surface area contributed by atoms with Gasteiger partial charge in [0.25, 0.3) is 5.56 Å². The van der Waals surface area contributed by atoms with Crippen LogP contribution in [0.4, 0.5) is 0 Å². The van der Waals surface area contributed by atoms with E-state index in [1.807, 2.05) is 12.1 Å². The fourth-order valence-corrected chi connectivity index (χ4v) is 3.37. The predicted octanol–water partition coefficient (Wildman–Crippen LogP) is 0.279. The highest BCUT2D eigenvalue weighted by Crippen LogP contribution is 2.09. The SMILES string of the molecule is Cn1ncc2c(=O)n(CC(=O)NCc3ccc(CN4CCOCC4)cc3)cnc21. The van der Waals surface area contributed by atoms with Crippen molar-refractivity contribution in [1.29, 1.82) is 0 Å². The first kappa shape index (κ1) is 19.3. The Morgan fingerprint density at radius 3 is 2.66 bits per heavy atom. The molecule has 3 aromatic rings. The third kappa shape index (κ3) is 4.52. The molecule has 1 N–H and O–H groups in total. The minimum atomic E-state index is -0.272. The number of benzene rings is 1. The molecule has 0 radical (unpaired) electrons. The van der Waals surface area contributed by atoms with Gasteiger partial charge >= 0.3 is 0 Å². The number of aromatic nitrogens is 4. The number of nitrogens with zero attached hydrogens (tertiary/aromatic N) is 5. The molecule has 0 unspecified atom stereocenters. The Morgan fingerprint density at radius 1 is 1.17 bits per heavy atom. The number of nitrogens with one attached hydrogen (secondary N) is 1. The molecule has 3 heterocycles. The van der Waals surface area contributed by atoms with Gasteiger partial charge in [0.15, 0.2) is 5.65 Å². The Bertz CT molecular complexity index is 1050. The molecular weight excluding hydrogens is 372 g/mol. The molecule has 0 atom stereocenters. The van der Waals surface area contributed by atoms with Crippen LogP contribution in [0.2, 0.25) is 0 Å². The average Bonchev–Trinajstić information content (AvgIpc) is 3.12. The van der Waals surface area contributed by atoms with E-state index in [9.17, 15) is 9.59 Å². The number of carbonyl (C=O) groups is 1. The maximum atomic E-state index is 12.4. The lowest BCUT2D eigenvalue weighted by atomic mass is 10.1. The van der Waals surface area contributed by atoms with Gasteiger partial charge in [-0.2, -0.15) is 5.10 Å². The fourth-order valence-electron chi connectivity index (χ4n) is 3.37. The Labute approximate surface area is 167 Å². The number of morpholine rings is 1. The summed E-state index contributed by atoms with van der Waals surface area (Å²) in [5, 5.41) is 7.28. The number of hydrogen-bond donors (Lipinski definition) is 1. The van der Waals surface area contributed by atoms with E-state index in [1.165, 1.54) is 27.3 Å². The third-order valence-corrected chi connectivity index (χ3v) is 5.05. The molecule has 1 aliphatic heterocycles. The van der Waals surface area contributed by atoms with Gasteiger partial charge in [-0.05, 0) is 11.1 Å². The molecule has 1 aromatic carbocycles. The van der Waals surface area contributed by atoms with Gasteiger partial charge in [-0.15, -0.1) is 0 Å². The van der Waals surface area contributed by atoms with Gasteiger partial charge in [-0.25, -0.2) is 4.98 Å². The number of carbonyl (C=O) groups excluding carboxylic acids is 1. The van der Waals surface area contributed by atoms with Crippen LogP contribution in [0.15, 0.2) is 41.6 Å². The van der Waals surface area contributed by atoms with E-state index in [0.717, 1.165) is 38.4 Å². The molecule has 1 fully saturated rings. The van der Waals surface area contributed by atoms with E-state index < -0.39 is 0 Å². The van der Waals surface area contributed by atoms with Crippen molar-refractivity contribution in [1.82, 2.24) is 29.5 Å². The average molecular weight is 396 g/mol. The van der Waals surface area contributed by atoms with Crippen LogP contribution in [0.25, 0.3) is 11.0 Å². The van der Waals surface area contributed by atoms with Gasteiger partial charge in [-0.3, -0.25) is 23.7 Å². The third-order valence-electron chi connectivity index (χ3n) is 5.05. The number of rotatable bonds is 6. The first-order chi connectivity index (χ1) is 14.1. The maximum Gasteiger partial charge on any atom is 0.264 e. The van der Waals surface area contributed by atoms with E-state index in [1.54, 1.807) is 7.05 Å². The summed E-state index contributed by atoms with van der Waals surface area (Å²) in [5.41, 5.74) is 2.48. The quantitative estimate of drug-likeness (QED) is 0.643. The predicted molar refractivity (Wildman–Crippen MR) is 107 cm³/mol. The van der Waals surface area contributed by atoms with Gasteiger partial charge < -0.3 is 10.1 Å². The van der Waals surface area contributed by atoms with Gasteiger partial charge in [-0.1, -0.05) is 24.3 Å². The zero-order chi connectivity index (χ0) is 20.2. The van der Waals surface area contributed by atoms with E-state index in [4.69, 9.17) is 4.74 Å². The second kappa shape index (κ2) is 8.54. The smallest absolute Gasteiger partial charge is 0.264 e. The number of aryl methyl sites for hydroxylation is 1. The molecule has 1 saturated heterocycles. The van der Waals surface area contributed by atoms with Crippen molar-refractivity contribution in [2.75, 3.05) is 26.3 Å². The zero-order valence-corrected chi connectivity index (χ0v) is 16.4. The first-order valence-electron chi connectivity index (χ1n) is 9.62. The Kier molecular flexibility index (Phi) is 5.68. The van der Waals surface area contributed by atoms with Crippen molar-refractivity contribution in [3.63, 3.8) is 0 Å². The lowest BCUT2D eigenvalue weighted by molar-refractivity contribution is -0.121. The fraction of sp³-hybridized carbons (Fsp3) is 0.400. The monoisotopic (exact) mass is 396 g/mol. The second-order valence-electron chi connectivity index (χ2n) is 7.16. The lowest BCUT2D eigenvalue weighted by Gasteiger charge is -2.26. The topological polar surface area (TPSA) is 94.3 Å². The van der Waals surface area contributed by atoms with E-state index in [0.29, 0.717) is 17.6 Å². The molecule has 9 heteroatoms. The van der Waals surface area contributed by atoms with Gasteiger partial charge in [0, 0.05) is 33.2 Å². The molecule has 152 valence electrons. The highest BCUT2D eigenvalue weighted by molar-refractivity contribution is 5.77. The molecule has 1 amide bonds. The molecule has 4 rings (SSSR count). The largest absolute Gasteiger partial charge is 0.379 e. The minimum Gasteiger partial charge on any atom is -0.379 e. The molecule has 2 aromatic heterocycles. The van der Waals surface area contributed by atoms with E-state index in [2.05, 4.69) is 32.4 Å². The normalized spacial score (nSPS) is 14.9. The standard InChI is InChI=1S/C20H24N6O3/c1-24-19-17(11-23-24)20(28)26(14-22-19)13-18(27)21-10-15-2-4-16(5-3-15)12-25-6-8-29-9-7-25/h2-5,11,14H,6-10,12-13H2,1H3,(H,21,27). The summed E-state index contributed by atoms with van der Waals surface area (Å²) in [6, 6.07) is 8.21. The number of ether oxygens (including phenoxy) is 1. The van der Waals surface area contributed by atoms with Crippen molar-refractivity contribution in [2.24, 2.45) is 7.05 Å². The summed E-state index contributed by atoms with van der Waals surface area (Å²) < 4.78 is 8.20. The number of hydrogen-bond acceptors (Lipinski definition) is 6. The highest BCUT2D eigenvalue weighted by Gasteiger charge is 2.12. The van der Waals surface area contributed by atoms with Crippen molar-refractivity contribution in [3.05, 3.63) is 58.3 Å². The molecule has 0 bridgehead atoms. The van der Waals surface area contributed by atoms with Crippen LogP contribution in [-0.2, 0) is 36.2 Å². The van der Waals surface area contributed by atoms with Gasteiger partial charge in [0.2, 0.25) is 5.91 Å². The van der Waals surface area contributed by atoms with E-state index in [-0.39, 0.29) is 18.0 Å². The maximum absolute atomic E-state index is 12.4. The van der Waals surface area contributed by atoms with Crippen LogP contribution < -0.4 is 10.9 Å². The molecular formula is C20H24N6O3. The van der Waals surface area contributed by atoms with Crippen LogP contribution in [0.1, 0.15) is 11.1 Å². The molecule has 1 aliphatic rings. The van der Waals surface area contributed by atoms with Crippen molar-refractivity contribution < 1.29 is 9.53 Å². The first-order valence-corrected chi connectivity index (χ1v) is 9.62. The summed E-state index contributed by atoms with van der Waals surface area (Å²) in [6.07, 6.45) is 2.85. The molecule has 9 nitrogen and oxygen atoms in total. The summed E-state index contributed by atoms with van der Waals surface area (Å²) in [4.78, 5) is 31.3. The van der Waals surface area contributed by atoms with E-state index >= 15 is 0 Å². The second-order valence-corrected chi connectivity index (χ2v) is 7.16. The summed E-state index contributed by atoms with van der Waals surface area (Å²) in [5.74, 6) is -0.241.